The van der Waals surface area contributed by atoms with Gasteiger partial charge < -0.3 is 14.2 Å². The molecule has 0 spiro atoms. The Labute approximate surface area is 103 Å². The molecule has 0 aliphatic carbocycles. The zero-order chi connectivity index (χ0) is 12.1. The van der Waals surface area contributed by atoms with Crippen LogP contribution in [0.5, 0.6) is 11.5 Å². The third kappa shape index (κ3) is 2.47. The molecule has 0 saturated carbocycles. The first-order valence-corrected chi connectivity index (χ1v) is 5.50. The molecule has 88 valence electrons. The standard InChI is InChI=1S/C11H13BrO4/c1-14-7-5-4-6-8(15-2)9(7)10(12)11(13)16-3/h4-6,10H,1-3H3. The average molecular weight is 289 g/mol. The first kappa shape index (κ1) is 12.8. The molecule has 0 aromatic heterocycles. The second kappa shape index (κ2) is 5.75. The van der Waals surface area contributed by atoms with Gasteiger partial charge in [-0.1, -0.05) is 22.0 Å². The summed E-state index contributed by atoms with van der Waals surface area (Å²) in [6.07, 6.45) is 0. The summed E-state index contributed by atoms with van der Waals surface area (Å²) in [5.74, 6) is 0.751. The Kier molecular flexibility index (Phi) is 4.61. The first-order chi connectivity index (χ1) is 7.65. The molecule has 16 heavy (non-hydrogen) atoms. The number of ether oxygens (including phenoxy) is 3. The highest BCUT2D eigenvalue weighted by atomic mass is 79.9. The van der Waals surface area contributed by atoms with Gasteiger partial charge in [0.15, 0.2) is 0 Å². The zero-order valence-electron chi connectivity index (χ0n) is 9.32. The van der Waals surface area contributed by atoms with E-state index in [1.807, 2.05) is 0 Å². The molecule has 0 radical (unpaired) electrons. The minimum atomic E-state index is -0.608. The van der Waals surface area contributed by atoms with E-state index in [0.717, 1.165) is 0 Å². The highest BCUT2D eigenvalue weighted by molar-refractivity contribution is 9.09. The van der Waals surface area contributed by atoms with Gasteiger partial charge in [-0.3, -0.25) is 4.79 Å². The Morgan fingerprint density at radius 1 is 1.19 bits per heavy atom. The van der Waals surface area contributed by atoms with Gasteiger partial charge in [0.05, 0.1) is 26.9 Å². The fraction of sp³-hybridized carbons (Fsp3) is 0.364. The normalized spacial score (nSPS) is 11.8. The van der Waals surface area contributed by atoms with E-state index in [-0.39, 0.29) is 0 Å². The van der Waals surface area contributed by atoms with E-state index in [4.69, 9.17) is 9.47 Å². The number of hydrogen-bond donors (Lipinski definition) is 0. The third-order valence-electron chi connectivity index (χ3n) is 2.13. The van der Waals surface area contributed by atoms with Crippen LogP contribution in [0.25, 0.3) is 0 Å². The molecular weight excluding hydrogens is 276 g/mol. The summed E-state index contributed by atoms with van der Waals surface area (Å²) in [7, 11) is 4.41. The van der Waals surface area contributed by atoms with Crippen molar-refractivity contribution in [2.45, 2.75) is 4.83 Å². The Balaban J connectivity index is 3.22. The van der Waals surface area contributed by atoms with Crippen molar-refractivity contribution < 1.29 is 19.0 Å². The molecular formula is C11H13BrO4. The number of halogens is 1. The number of benzene rings is 1. The van der Waals surface area contributed by atoms with Crippen LogP contribution in [0.2, 0.25) is 0 Å². The van der Waals surface area contributed by atoms with Crippen LogP contribution in [0, 0.1) is 0 Å². The van der Waals surface area contributed by atoms with Gasteiger partial charge in [0.1, 0.15) is 16.3 Å². The molecule has 0 N–H and O–H groups in total. The molecule has 4 nitrogen and oxygen atoms in total. The minimum absolute atomic E-state index is 0.400. The SMILES string of the molecule is COC(=O)C(Br)c1c(OC)cccc1OC. The van der Waals surface area contributed by atoms with E-state index in [2.05, 4.69) is 20.7 Å². The van der Waals surface area contributed by atoms with Crippen molar-refractivity contribution in [1.29, 1.82) is 0 Å². The molecule has 5 heteroatoms. The lowest BCUT2D eigenvalue weighted by Crippen LogP contribution is -2.10. The van der Waals surface area contributed by atoms with Crippen molar-refractivity contribution >= 4 is 21.9 Å². The lowest BCUT2D eigenvalue weighted by molar-refractivity contribution is -0.139. The van der Waals surface area contributed by atoms with E-state index >= 15 is 0 Å². The number of esters is 1. The maximum atomic E-state index is 11.5. The van der Waals surface area contributed by atoms with E-state index < -0.39 is 10.8 Å². The van der Waals surface area contributed by atoms with Crippen molar-refractivity contribution in [2.75, 3.05) is 21.3 Å². The highest BCUT2D eigenvalue weighted by Crippen LogP contribution is 2.38. The average Bonchev–Trinajstić information content (AvgIpc) is 2.35. The monoisotopic (exact) mass is 288 g/mol. The summed E-state index contributed by atoms with van der Waals surface area (Å²) in [6, 6.07) is 5.31. The van der Waals surface area contributed by atoms with Crippen LogP contribution in [0.4, 0.5) is 0 Å². The van der Waals surface area contributed by atoms with E-state index in [9.17, 15) is 4.79 Å². The predicted octanol–water partition coefficient (Wildman–Crippen LogP) is 2.31. The zero-order valence-corrected chi connectivity index (χ0v) is 10.9. The third-order valence-corrected chi connectivity index (χ3v) is 2.96. The summed E-state index contributed by atoms with van der Waals surface area (Å²) in [5.41, 5.74) is 0.624. The van der Waals surface area contributed by atoms with E-state index in [1.165, 1.54) is 21.3 Å². The van der Waals surface area contributed by atoms with Gasteiger partial charge in [-0.2, -0.15) is 0 Å². The molecule has 1 aromatic rings. The second-order valence-corrected chi connectivity index (χ2v) is 3.88. The van der Waals surface area contributed by atoms with Gasteiger partial charge in [-0.15, -0.1) is 0 Å². The molecule has 0 bridgehead atoms. The number of hydrogen-bond acceptors (Lipinski definition) is 4. The molecule has 0 fully saturated rings. The molecule has 0 heterocycles. The quantitative estimate of drug-likeness (QED) is 0.630. The predicted molar refractivity (Wildman–Crippen MR) is 63.2 cm³/mol. The van der Waals surface area contributed by atoms with Gasteiger partial charge in [0, 0.05) is 0 Å². The summed E-state index contributed by atoms with van der Waals surface area (Å²) < 4.78 is 15.0. The van der Waals surface area contributed by atoms with E-state index in [1.54, 1.807) is 18.2 Å². The van der Waals surface area contributed by atoms with Crippen LogP contribution in [-0.2, 0) is 9.53 Å². The van der Waals surface area contributed by atoms with Crippen molar-refractivity contribution in [3.8, 4) is 11.5 Å². The van der Waals surface area contributed by atoms with Gasteiger partial charge >= 0.3 is 5.97 Å². The van der Waals surface area contributed by atoms with E-state index in [0.29, 0.717) is 17.1 Å². The Morgan fingerprint density at radius 3 is 2.06 bits per heavy atom. The summed E-state index contributed by atoms with van der Waals surface area (Å²) in [4.78, 5) is 10.9. The largest absolute Gasteiger partial charge is 0.496 e. The lowest BCUT2D eigenvalue weighted by Gasteiger charge is -2.15. The molecule has 1 aromatic carbocycles. The van der Waals surface area contributed by atoms with Gasteiger partial charge in [0.2, 0.25) is 0 Å². The molecule has 0 aliphatic rings. The topological polar surface area (TPSA) is 44.8 Å². The summed E-state index contributed by atoms with van der Waals surface area (Å²) in [6.45, 7) is 0. The maximum Gasteiger partial charge on any atom is 0.324 e. The lowest BCUT2D eigenvalue weighted by atomic mass is 10.1. The summed E-state index contributed by atoms with van der Waals surface area (Å²) >= 11 is 3.26. The highest BCUT2D eigenvalue weighted by Gasteiger charge is 2.25. The Bertz CT molecular complexity index is 356. The van der Waals surface area contributed by atoms with Gasteiger partial charge in [-0.25, -0.2) is 0 Å². The van der Waals surface area contributed by atoms with Crippen LogP contribution in [0.15, 0.2) is 18.2 Å². The number of alkyl halides is 1. The van der Waals surface area contributed by atoms with Crippen LogP contribution in [0.1, 0.15) is 10.4 Å². The second-order valence-electron chi connectivity index (χ2n) is 2.96. The summed E-state index contributed by atoms with van der Waals surface area (Å²) in [5, 5.41) is 0. The molecule has 1 atom stereocenters. The van der Waals surface area contributed by atoms with Crippen LogP contribution in [-0.4, -0.2) is 27.3 Å². The van der Waals surface area contributed by atoms with Crippen LogP contribution in [0.3, 0.4) is 0 Å². The van der Waals surface area contributed by atoms with Gasteiger partial charge in [-0.05, 0) is 12.1 Å². The number of carbonyl (C=O) groups is 1. The maximum absolute atomic E-state index is 11.5. The molecule has 0 saturated heterocycles. The van der Waals surface area contributed by atoms with Gasteiger partial charge in [0.25, 0.3) is 0 Å². The number of rotatable bonds is 4. The number of methoxy groups -OCH3 is 3. The Morgan fingerprint density at radius 2 is 1.69 bits per heavy atom. The fourth-order valence-electron chi connectivity index (χ4n) is 1.35. The van der Waals surface area contributed by atoms with Crippen molar-refractivity contribution in [1.82, 2.24) is 0 Å². The molecule has 1 rings (SSSR count). The fourth-order valence-corrected chi connectivity index (χ4v) is 1.99. The number of carbonyl (C=O) groups excluding carboxylic acids is 1. The van der Waals surface area contributed by atoms with Crippen LogP contribution >= 0.6 is 15.9 Å². The smallest absolute Gasteiger partial charge is 0.324 e. The van der Waals surface area contributed by atoms with Crippen LogP contribution < -0.4 is 9.47 Å². The molecule has 0 amide bonds. The van der Waals surface area contributed by atoms with Crippen molar-refractivity contribution in [3.05, 3.63) is 23.8 Å². The first-order valence-electron chi connectivity index (χ1n) is 4.58. The minimum Gasteiger partial charge on any atom is -0.496 e. The molecule has 1 unspecified atom stereocenters. The van der Waals surface area contributed by atoms with Crippen molar-refractivity contribution in [3.63, 3.8) is 0 Å². The van der Waals surface area contributed by atoms with Crippen molar-refractivity contribution in [2.24, 2.45) is 0 Å². The molecule has 0 aliphatic heterocycles. The Hall–Kier alpha value is -1.23.